The first-order valence-electron chi connectivity index (χ1n) is 8.43. The summed E-state index contributed by atoms with van der Waals surface area (Å²) in [7, 11) is 0. The Morgan fingerprint density at radius 2 is 2.00 bits per heavy atom. The van der Waals surface area contributed by atoms with Gasteiger partial charge in [0.2, 0.25) is 11.0 Å². The molecule has 28 heavy (non-hydrogen) atoms. The third-order valence-electron chi connectivity index (χ3n) is 3.46. The monoisotopic (exact) mass is 411 g/mol. The maximum absolute atomic E-state index is 12.1. The summed E-state index contributed by atoms with van der Waals surface area (Å²) < 4.78 is 6.27. The standard InChI is InChI=1S/C19H17N5O2S2/c1-2-26-16-6-4-3-5-15(16)22-18-23-24-19(28-18)27-12-17(25)21-14-9-7-13(11-20)8-10-14/h3-10H,2,12H2,1H3,(H,21,25)(H,22,23). The van der Waals surface area contributed by atoms with Crippen LogP contribution in [0.4, 0.5) is 16.5 Å². The highest BCUT2D eigenvalue weighted by Gasteiger charge is 2.10. The van der Waals surface area contributed by atoms with Crippen LogP contribution >= 0.6 is 23.1 Å². The van der Waals surface area contributed by atoms with Crippen LogP contribution in [0.5, 0.6) is 5.75 Å². The van der Waals surface area contributed by atoms with Gasteiger partial charge in [-0.15, -0.1) is 10.2 Å². The number of benzene rings is 2. The van der Waals surface area contributed by atoms with E-state index in [-0.39, 0.29) is 11.7 Å². The number of ether oxygens (including phenoxy) is 1. The highest BCUT2D eigenvalue weighted by molar-refractivity contribution is 8.01. The predicted molar refractivity (Wildman–Crippen MR) is 111 cm³/mol. The summed E-state index contributed by atoms with van der Waals surface area (Å²) in [5, 5.41) is 23.6. The van der Waals surface area contributed by atoms with Crippen molar-refractivity contribution in [1.82, 2.24) is 10.2 Å². The van der Waals surface area contributed by atoms with E-state index in [1.54, 1.807) is 24.3 Å². The van der Waals surface area contributed by atoms with Gasteiger partial charge in [0.1, 0.15) is 5.75 Å². The average molecular weight is 412 g/mol. The van der Waals surface area contributed by atoms with Crippen LogP contribution < -0.4 is 15.4 Å². The Kier molecular flexibility index (Phi) is 6.84. The molecule has 0 aliphatic carbocycles. The Labute approximate surface area is 170 Å². The van der Waals surface area contributed by atoms with Crippen LogP contribution in [0, 0.1) is 11.3 Å². The minimum Gasteiger partial charge on any atom is -0.492 e. The second kappa shape index (κ2) is 9.73. The highest BCUT2D eigenvalue weighted by atomic mass is 32.2. The van der Waals surface area contributed by atoms with Gasteiger partial charge in [-0.25, -0.2) is 0 Å². The number of aromatic nitrogens is 2. The minimum atomic E-state index is -0.152. The number of nitriles is 1. The molecule has 3 rings (SSSR count). The topological polar surface area (TPSA) is 99.9 Å². The van der Waals surface area contributed by atoms with E-state index in [0.29, 0.717) is 27.3 Å². The summed E-state index contributed by atoms with van der Waals surface area (Å²) >= 11 is 2.68. The van der Waals surface area contributed by atoms with Crippen LogP contribution in [0.3, 0.4) is 0 Å². The molecule has 0 aliphatic heterocycles. The lowest BCUT2D eigenvalue weighted by molar-refractivity contribution is -0.113. The first-order chi connectivity index (χ1) is 13.7. The third kappa shape index (κ3) is 5.45. The van der Waals surface area contributed by atoms with Crippen molar-refractivity contribution in [3.63, 3.8) is 0 Å². The first kappa shape index (κ1) is 19.7. The molecule has 0 fully saturated rings. The fourth-order valence-corrected chi connectivity index (χ4v) is 3.80. The molecule has 0 atom stereocenters. The number of rotatable bonds is 8. The maximum atomic E-state index is 12.1. The van der Waals surface area contributed by atoms with Crippen LogP contribution in [0.15, 0.2) is 52.9 Å². The van der Waals surface area contributed by atoms with E-state index in [1.807, 2.05) is 37.3 Å². The molecule has 2 N–H and O–H groups in total. The van der Waals surface area contributed by atoms with Crippen molar-refractivity contribution in [1.29, 1.82) is 5.26 Å². The van der Waals surface area contributed by atoms with Gasteiger partial charge in [0.25, 0.3) is 0 Å². The Morgan fingerprint density at radius 1 is 1.21 bits per heavy atom. The van der Waals surface area contributed by atoms with Gasteiger partial charge in [0.15, 0.2) is 4.34 Å². The summed E-state index contributed by atoms with van der Waals surface area (Å²) in [6, 6.07) is 16.4. The van der Waals surface area contributed by atoms with E-state index in [1.165, 1.54) is 23.1 Å². The zero-order chi connectivity index (χ0) is 19.8. The molecule has 1 heterocycles. The maximum Gasteiger partial charge on any atom is 0.234 e. The van der Waals surface area contributed by atoms with Gasteiger partial charge >= 0.3 is 0 Å². The number of carbonyl (C=O) groups excluding carboxylic acids is 1. The molecule has 2 aromatic carbocycles. The predicted octanol–water partition coefficient (Wildman–Crippen LogP) is 4.28. The number of anilines is 3. The quantitative estimate of drug-likeness (QED) is 0.534. The van der Waals surface area contributed by atoms with E-state index < -0.39 is 0 Å². The molecular weight excluding hydrogens is 394 g/mol. The van der Waals surface area contributed by atoms with Crippen LogP contribution in [0.25, 0.3) is 0 Å². The molecular formula is C19H17N5O2S2. The molecule has 3 aromatic rings. The number of amides is 1. The van der Waals surface area contributed by atoms with Crippen molar-refractivity contribution in [3.05, 3.63) is 54.1 Å². The molecule has 0 unspecified atom stereocenters. The van der Waals surface area contributed by atoms with Crippen molar-refractivity contribution in [2.45, 2.75) is 11.3 Å². The Balaban J connectivity index is 1.53. The van der Waals surface area contributed by atoms with Gasteiger partial charge in [0, 0.05) is 5.69 Å². The SMILES string of the molecule is CCOc1ccccc1Nc1nnc(SCC(=O)Nc2ccc(C#N)cc2)s1. The van der Waals surface area contributed by atoms with Crippen molar-refractivity contribution in [3.8, 4) is 11.8 Å². The summed E-state index contributed by atoms with van der Waals surface area (Å²) in [5.74, 6) is 0.807. The van der Waals surface area contributed by atoms with Crippen molar-refractivity contribution in [2.24, 2.45) is 0 Å². The molecule has 1 amide bonds. The van der Waals surface area contributed by atoms with E-state index in [0.717, 1.165) is 11.4 Å². The Hall–Kier alpha value is -3.09. The van der Waals surface area contributed by atoms with Gasteiger partial charge in [-0.2, -0.15) is 5.26 Å². The van der Waals surface area contributed by atoms with Crippen molar-refractivity contribution < 1.29 is 9.53 Å². The molecule has 0 spiro atoms. The fourth-order valence-electron chi connectivity index (χ4n) is 2.24. The number of hydrogen-bond acceptors (Lipinski definition) is 8. The van der Waals surface area contributed by atoms with Crippen LogP contribution in [0.2, 0.25) is 0 Å². The molecule has 0 saturated heterocycles. The van der Waals surface area contributed by atoms with Gasteiger partial charge < -0.3 is 15.4 Å². The van der Waals surface area contributed by atoms with Gasteiger partial charge in [-0.3, -0.25) is 4.79 Å². The Bertz CT molecular complexity index is 982. The lowest BCUT2D eigenvalue weighted by Crippen LogP contribution is -2.13. The van der Waals surface area contributed by atoms with Crippen LogP contribution in [-0.4, -0.2) is 28.5 Å². The molecule has 7 nitrogen and oxygen atoms in total. The second-order valence-corrected chi connectivity index (χ2v) is 7.65. The van der Waals surface area contributed by atoms with Crippen molar-refractivity contribution in [2.75, 3.05) is 23.0 Å². The zero-order valence-electron chi connectivity index (χ0n) is 15.0. The molecule has 0 saturated carbocycles. The van der Waals surface area contributed by atoms with E-state index in [2.05, 4.69) is 20.8 Å². The van der Waals surface area contributed by atoms with Crippen molar-refractivity contribution >= 4 is 45.5 Å². The first-order valence-corrected chi connectivity index (χ1v) is 10.2. The number of nitrogens with zero attached hydrogens (tertiary/aromatic N) is 3. The van der Waals surface area contributed by atoms with Crippen LogP contribution in [-0.2, 0) is 4.79 Å². The van der Waals surface area contributed by atoms with E-state index >= 15 is 0 Å². The van der Waals surface area contributed by atoms with E-state index in [9.17, 15) is 4.79 Å². The average Bonchev–Trinajstić information content (AvgIpc) is 3.16. The smallest absolute Gasteiger partial charge is 0.234 e. The lowest BCUT2D eigenvalue weighted by Gasteiger charge is -2.09. The largest absolute Gasteiger partial charge is 0.492 e. The van der Waals surface area contributed by atoms with E-state index in [4.69, 9.17) is 10.00 Å². The number of carbonyl (C=O) groups is 1. The summed E-state index contributed by atoms with van der Waals surface area (Å²) in [6.45, 7) is 2.50. The Morgan fingerprint density at radius 3 is 2.75 bits per heavy atom. The zero-order valence-corrected chi connectivity index (χ0v) is 16.6. The van der Waals surface area contributed by atoms with Gasteiger partial charge in [-0.05, 0) is 43.3 Å². The number of nitrogens with one attached hydrogen (secondary N) is 2. The molecule has 0 bridgehead atoms. The minimum absolute atomic E-state index is 0.152. The number of hydrogen-bond donors (Lipinski definition) is 2. The summed E-state index contributed by atoms with van der Waals surface area (Å²) in [6.07, 6.45) is 0. The highest BCUT2D eigenvalue weighted by Crippen LogP contribution is 2.31. The van der Waals surface area contributed by atoms with Gasteiger partial charge in [0.05, 0.1) is 29.7 Å². The number of para-hydroxylation sites is 2. The lowest BCUT2D eigenvalue weighted by atomic mass is 10.2. The molecule has 9 heteroatoms. The third-order valence-corrected chi connectivity index (χ3v) is 5.43. The number of thioether (sulfide) groups is 1. The van der Waals surface area contributed by atoms with Gasteiger partial charge in [-0.1, -0.05) is 35.2 Å². The normalized spacial score (nSPS) is 10.1. The molecule has 142 valence electrons. The molecule has 0 radical (unpaired) electrons. The second-order valence-electron chi connectivity index (χ2n) is 5.45. The fraction of sp³-hybridized carbons (Fsp3) is 0.158. The molecule has 0 aliphatic rings. The van der Waals surface area contributed by atoms with Crippen LogP contribution in [0.1, 0.15) is 12.5 Å². The summed E-state index contributed by atoms with van der Waals surface area (Å²) in [4.78, 5) is 12.1. The molecule has 1 aromatic heterocycles. The summed E-state index contributed by atoms with van der Waals surface area (Å²) in [5.41, 5.74) is 2.01.